The van der Waals surface area contributed by atoms with Crippen molar-refractivity contribution in [1.29, 1.82) is 0 Å². The molecule has 0 aromatic heterocycles. The van der Waals surface area contributed by atoms with Crippen LogP contribution >= 0.6 is 0 Å². The van der Waals surface area contributed by atoms with Gasteiger partial charge in [-0.1, -0.05) is 24.2 Å². The lowest BCUT2D eigenvalue weighted by Gasteiger charge is -2.21. The Hall–Kier alpha value is -1.75. The third-order valence-corrected chi connectivity index (χ3v) is 2.95. The van der Waals surface area contributed by atoms with E-state index in [1.807, 2.05) is 38.1 Å². The van der Waals surface area contributed by atoms with Gasteiger partial charge in [-0.05, 0) is 31.0 Å². The average molecular weight is 251 g/mol. The predicted molar refractivity (Wildman–Crippen MR) is 72.0 cm³/mol. The lowest BCUT2D eigenvalue weighted by Crippen LogP contribution is -2.42. The number of methoxy groups -OCH3 is 1. The minimum Gasteiger partial charge on any atom is -0.497 e. The first kappa shape index (κ1) is 14.3. The summed E-state index contributed by atoms with van der Waals surface area (Å²) in [5.41, 5.74) is 6.74. The number of hydrogen-bond donors (Lipinski definition) is 3. The van der Waals surface area contributed by atoms with Crippen molar-refractivity contribution in [2.75, 3.05) is 7.11 Å². The predicted octanol–water partition coefficient (Wildman–Crippen LogP) is 1.87. The zero-order chi connectivity index (χ0) is 13.5. The highest BCUT2D eigenvalue weighted by Crippen LogP contribution is 2.18. The van der Waals surface area contributed by atoms with E-state index in [1.54, 1.807) is 7.11 Å². The highest BCUT2D eigenvalue weighted by atomic mass is 16.5. The first-order valence-electron chi connectivity index (χ1n) is 5.99. The number of oxime groups is 1. The van der Waals surface area contributed by atoms with Gasteiger partial charge in [-0.25, -0.2) is 0 Å². The smallest absolute Gasteiger partial charge is 0.156 e. The second-order valence-corrected chi connectivity index (χ2v) is 4.15. The van der Waals surface area contributed by atoms with Gasteiger partial charge in [0.05, 0.1) is 13.2 Å². The fourth-order valence-electron chi connectivity index (χ4n) is 1.77. The van der Waals surface area contributed by atoms with E-state index in [0.29, 0.717) is 0 Å². The summed E-state index contributed by atoms with van der Waals surface area (Å²) in [5.74, 6) is 1.03. The zero-order valence-corrected chi connectivity index (χ0v) is 11.1. The first-order chi connectivity index (χ1) is 8.62. The van der Waals surface area contributed by atoms with E-state index in [0.717, 1.165) is 17.7 Å². The van der Waals surface area contributed by atoms with Crippen molar-refractivity contribution in [3.8, 4) is 5.75 Å². The van der Waals surface area contributed by atoms with E-state index in [-0.39, 0.29) is 17.9 Å². The van der Waals surface area contributed by atoms with Gasteiger partial charge in [-0.3, -0.25) is 0 Å². The SMILES string of the molecule is CCC(N[C@@H](C)c1ccc(OC)cc1)/C(N)=N/O. The molecular weight excluding hydrogens is 230 g/mol. The molecule has 4 N–H and O–H groups in total. The van der Waals surface area contributed by atoms with Gasteiger partial charge < -0.3 is 21.0 Å². The van der Waals surface area contributed by atoms with Gasteiger partial charge in [0.25, 0.3) is 0 Å². The van der Waals surface area contributed by atoms with Crippen molar-refractivity contribution in [3.05, 3.63) is 29.8 Å². The first-order valence-corrected chi connectivity index (χ1v) is 5.99. The van der Waals surface area contributed by atoms with Crippen LogP contribution in [0.5, 0.6) is 5.75 Å². The molecule has 5 nitrogen and oxygen atoms in total. The molecule has 5 heteroatoms. The molecule has 100 valence electrons. The van der Waals surface area contributed by atoms with Gasteiger partial charge in [0.1, 0.15) is 5.75 Å². The van der Waals surface area contributed by atoms with Gasteiger partial charge in [-0.2, -0.15) is 0 Å². The second kappa shape index (κ2) is 6.86. The Morgan fingerprint density at radius 3 is 2.50 bits per heavy atom. The highest BCUT2D eigenvalue weighted by molar-refractivity contribution is 5.85. The van der Waals surface area contributed by atoms with Crippen LogP contribution in [0, 0.1) is 0 Å². The normalized spacial score (nSPS) is 15.2. The Bertz CT molecular complexity index is 390. The van der Waals surface area contributed by atoms with Crippen LogP contribution in [0.15, 0.2) is 29.4 Å². The van der Waals surface area contributed by atoms with Crippen molar-refractivity contribution in [2.24, 2.45) is 10.9 Å². The van der Waals surface area contributed by atoms with Crippen LogP contribution in [0.2, 0.25) is 0 Å². The molecule has 0 saturated heterocycles. The molecule has 0 fully saturated rings. The number of rotatable bonds is 6. The summed E-state index contributed by atoms with van der Waals surface area (Å²) >= 11 is 0. The number of benzene rings is 1. The number of nitrogens with zero attached hydrogens (tertiary/aromatic N) is 1. The second-order valence-electron chi connectivity index (χ2n) is 4.15. The zero-order valence-electron chi connectivity index (χ0n) is 11.1. The Morgan fingerprint density at radius 1 is 1.44 bits per heavy atom. The molecule has 2 atom stereocenters. The quantitative estimate of drug-likeness (QED) is 0.312. The molecule has 1 aromatic carbocycles. The molecule has 1 rings (SSSR count). The van der Waals surface area contributed by atoms with Crippen LogP contribution < -0.4 is 15.8 Å². The van der Waals surface area contributed by atoms with Gasteiger partial charge >= 0.3 is 0 Å². The van der Waals surface area contributed by atoms with E-state index in [1.165, 1.54) is 0 Å². The maximum atomic E-state index is 8.69. The molecule has 0 heterocycles. The molecule has 0 bridgehead atoms. The van der Waals surface area contributed by atoms with Crippen LogP contribution in [0.4, 0.5) is 0 Å². The Labute approximate surface area is 108 Å². The minimum absolute atomic E-state index is 0.112. The van der Waals surface area contributed by atoms with Crippen molar-refractivity contribution in [1.82, 2.24) is 5.32 Å². The standard InChI is InChI=1S/C13H21N3O2/c1-4-12(13(14)16-17)15-9(2)10-5-7-11(18-3)8-6-10/h5-9,12,15,17H,4H2,1-3H3,(H2,14,16)/t9-,12?/m0/s1. The molecule has 18 heavy (non-hydrogen) atoms. The molecule has 0 aliphatic heterocycles. The molecule has 0 spiro atoms. The average Bonchev–Trinajstić information content (AvgIpc) is 2.43. The van der Waals surface area contributed by atoms with Gasteiger partial charge in [-0.15, -0.1) is 0 Å². The summed E-state index contributed by atoms with van der Waals surface area (Å²) in [7, 11) is 1.64. The van der Waals surface area contributed by atoms with E-state index >= 15 is 0 Å². The van der Waals surface area contributed by atoms with E-state index in [9.17, 15) is 0 Å². The molecule has 0 aliphatic carbocycles. The minimum atomic E-state index is -0.132. The van der Waals surface area contributed by atoms with Crippen LogP contribution in [0.1, 0.15) is 31.9 Å². The topological polar surface area (TPSA) is 79.9 Å². The Morgan fingerprint density at radius 2 is 2.06 bits per heavy atom. The third-order valence-electron chi connectivity index (χ3n) is 2.95. The molecule has 0 aliphatic rings. The number of nitrogens with two attached hydrogens (primary N) is 1. The third kappa shape index (κ3) is 3.63. The van der Waals surface area contributed by atoms with E-state index < -0.39 is 0 Å². The molecule has 0 radical (unpaired) electrons. The van der Waals surface area contributed by atoms with Crippen molar-refractivity contribution in [3.63, 3.8) is 0 Å². The maximum Gasteiger partial charge on any atom is 0.156 e. The van der Waals surface area contributed by atoms with Gasteiger partial charge in [0.2, 0.25) is 0 Å². The number of hydrogen-bond acceptors (Lipinski definition) is 4. The lowest BCUT2D eigenvalue weighted by molar-refractivity contribution is 0.313. The van der Waals surface area contributed by atoms with Crippen molar-refractivity contribution >= 4 is 5.84 Å². The van der Waals surface area contributed by atoms with Crippen LogP contribution in [-0.2, 0) is 0 Å². The summed E-state index contributed by atoms with van der Waals surface area (Å²) in [6.45, 7) is 4.02. The Kier molecular flexibility index (Phi) is 5.45. The van der Waals surface area contributed by atoms with Gasteiger partial charge in [0.15, 0.2) is 5.84 Å². The monoisotopic (exact) mass is 251 g/mol. The van der Waals surface area contributed by atoms with Crippen molar-refractivity contribution < 1.29 is 9.94 Å². The van der Waals surface area contributed by atoms with Crippen LogP contribution in [0.25, 0.3) is 0 Å². The van der Waals surface area contributed by atoms with Crippen LogP contribution in [0.3, 0.4) is 0 Å². The Balaban J connectivity index is 2.71. The largest absolute Gasteiger partial charge is 0.497 e. The fraction of sp³-hybridized carbons (Fsp3) is 0.462. The summed E-state index contributed by atoms with van der Waals surface area (Å²) in [6, 6.07) is 7.80. The summed E-state index contributed by atoms with van der Waals surface area (Å²) in [5, 5.41) is 15.1. The summed E-state index contributed by atoms with van der Waals surface area (Å²) in [6.07, 6.45) is 0.760. The fourth-order valence-corrected chi connectivity index (χ4v) is 1.77. The molecule has 1 aromatic rings. The summed E-state index contributed by atoms with van der Waals surface area (Å²) < 4.78 is 5.11. The molecule has 1 unspecified atom stereocenters. The number of ether oxygens (including phenoxy) is 1. The lowest BCUT2D eigenvalue weighted by atomic mass is 10.1. The van der Waals surface area contributed by atoms with Crippen LogP contribution in [-0.4, -0.2) is 24.2 Å². The number of amidine groups is 1. The molecule has 0 amide bonds. The van der Waals surface area contributed by atoms with E-state index in [2.05, 4.69) is 10.5 Å². The summed E-state index contributed by atoms with van der Waals surface area (Å²) in [4.78, 5) is 0. The molecule has 0 saturated carbocycles. The number of nitrogens with one attached hydrogen (secondary N) is 1. The molecular formula is C13H21N3O2. The van der Waals surface area contributed by atoms with E-state index in [4.69, 9.17) is 15.7 Å². The van der Waals surface area contributed by atoms with Crippen molar-refractivity contribution in [2.45, 2.75) is 32.4 Å². The van der Waals surface area contributed by atoms with Gasteiger partial charge in [0, 0.05) is 6.04 Å². The maximum absolute atomic E-state index is 8.69. The highest BCUT2D eigenvalue weighted by Gasteiger charge is 2.15.